The van der Waals surface area contributed by atoms with E-state index in [1.165, 1.54) is 24.8 Å². The van der Waals surface area contributed by atoms with Crippen LogP contribution in [0.25, 0.3) is 10.2 Å². The van der Waals surface area contributed by atoms with Gasteiger partial charge in [-0.05, 0) is 30.2 Å². The molecular formula is C18H17BrN2O4S. The first-order valence-corrected chi connectivity index (χ1v) is 9.51. The van der Waals surface area contributed by atoms with Crippen molar-refractivity contribution in [1.82, 2.24) is 9.55 Å². The van der Waals surface area contributed by atoms with Crippen LogP contribution >= 0.6 is 27.3 Å². The molecule has 0 amide bonds. The molecule has 6 nitrogen and oxygen atoms in total. The Morgan fingerprint density at radius 2 is 2.15 bits per heavy atom. The lowest BCUT2D eigenvalue weighted by atomic mass is 10.2. The largest absolute Gasteiger partial charge is 0.459 e. The number of hydrogen-bond acceptors (Lipinski definition) is 6. The smallest absolute Gasteiger partial charge is 0.348 e. The molecule has 26 heavy (non-hydrogen) atoms. The Labute approximate surface area is 162 Å². The van der Waals surface area contributed by atoms with Gasteiger partial charge in [-0.25, -0.2) is 9.78 Å². The van der Waals surface area contributed by atoms with Gasteiger partial charge in [-0.3, -0.25) is 9.36 Å². The van der Waals surface area contributed by atoms with E-state index >= 15 is 0 Å². The number of halogens is 1. The highest BCUT2D eigenvalue weighted by molar-refractivity contribution is 9.10. The zero-order valence-electron chi connectivity index (χ0n) is 14.3. The fraction of sp³-hybridized carbons (Fsp3) is 0.278. The average Bonchev–Trinajstić information content (AvgIpc) is 2.95. The Morgan fingerprint density at radius 1 is 1.35 bits per heavy atom. The molecule has 1 aromatic carbocycles. The van der Waals surface area contributed by atoms with Gasteiger partial charge in [0.25, 0.3) is 5.56 Å². The van der Waals surface area contributed by atoms with Crippen molar-refractivity contribution in [2.45, 2.75) is 13.5 Å². The molecular weight excluding hydrogens is 420 g/mol. The Morgan fingerprint density at radius 3 is 2.88 bits per heavy atom. The molecule has 0 saturated heterocycles. The minimum Gasteiger partial charge on any atom is -0.459 e. The summed E-state index contributed by atoms with van der Waals surface area (Å²) in [5.41, 5.74) is 1.42. The van der Waals surface area contributed by atoms with Crippen LogP contribution in [0, 0.1) is 6.92 Å². The Hall–Kier alpha value is -2.03. The monoisotopic (exact) mass is 436 g/mol. The molecule has 0 N–H and O–H groups in total. The maximum absolute atomic E-state index is 12.9. The lowest BCUT2D eigenvalue weighted by Gasteiger charge is -2.06. The first-order valence-electron chi connectivity index (χ1n) is 7.90. The normalized spacial score (nSPS) is 11.0. The quantitative estimate of drug-likeness (QED) is 0.437. The van der Waals surface area contributed by atoms with E-state index in [1.54, 1.807) is 11.5 Å². The number of aromatic nitrogens is 2. The topological polar surface area (TPSA) is 70.4 Å². The number of benzene rings is 1. The molecule has 0 aliphatic rings. The number of carbonyl (C=O) groups is 1. The molecule has 0 spiro atoms. The number of hydrogen-bond donors (Lipinski definition) is 0. The number of methoxy groups -OCH3 is 1. The molecule has 0 bridgehead atoms. The zero-order chi connectivity index (χ0) is 18.7. The molecule has 3 rings (SSSR count). The van der Waals surface area contributed by atoms with Crippen LogP contribution in [0.4, 0.5) is 0 Å². The van der Waals surface area contributed by atoms with Crippen molar-refractivity contribution in [3.63, 3.8) is 0 Å². The molecule has 0 atom stereocenters. The summed E-state index contributed by atoms with van der Waals surface area (Å²) in [6.45, 7) is 2.65. The van der Waals surface area contributed by atoms with Gasteiger partial charge in [0.1, 0.15) is 16.3 Å². The van der Waals surface area contributed by atoms with Gasteiger partial charge >= 0.3 is 5.97 Å². The van der Waals surface area contributed by atoms with Gasteiger partial charge in [-0.2, -0.15) is 0 Å². The van der Waals surface area contributed by atoms with Crippen molar-refractivity contribution in [3.05, 3.63) is 61.4 Å². The lowest BCUT2D eigenvalue weighted by Crippen LogP contribution is -2.21. The molecule has 136 valence electrons. The number of esters is 1. The highest BCUT2D eigenvalue weighted by atomic mass is 79.9. The van der Waals surface area contributed by atoms with Crippen LogP contribution < -0.4 is 5.56 Å². The standard InChI is InChI=1S/C18H17BrN2O4S/c1-11-14-16(26-15(11)18(23)25-7-6-24-2)20-10-21(17(14)22)9-12-4-3-5-13(19)8-12/h3-5,8,10H,6-7,9H2,1-2H3. The molecule has 0 saturated carbocycles. The molecule has 3 aromatic rings. The van der Waals surface area contributed by atoms with E-state index in [-0.39, 0.29) is 12.2 Å². The second-order valence-corrected chi connectivity index (χ2v) is 7.59. The van der Waals surface area contributed by atoms with Crippen molar-refractivity contribution >= 4 is 43.5 Å². The molecule has 0 aliphatic carbocycles. The van der Waals surface area contributed by atoms with E-state index in [4.69, 9.17) is 9.47 Å². The third-order valence-electron chi connectivity index (χ3n) is 3.87. The van der Waals surface area contributed by atoms with E-state index in [9.17, 15) is 9.59 Å². The highest BCUT2D eigenvalue weighted by Gasteiger charge is 2.20. The van der Waals surface area contributed by atoms with E-state index in [1.807, 2.05) is 24.3 Å². The van der Waals surface area contributed by atoms with E-state index < -0.39 is 5.97 Å². The number of aryl methyl sites for hydroxylation is 1. The van der Waals surface area contributed by atoms with E-state index in [0.717, 1.165) is 10.0 Å². The summed E-state index contributed by atoms with van der Waals surface area (Å²) >= 11 is 4.60. The van der Waals surface area contributed by atoms with Crippen molar-refractivity contribution in [3.8, 4) is 0 Å². The fourth-order valence-electron chi connectivity index (χ4n) is 2.58. The highest BCUT2D eigenvalue weighted by Crippen LogP contribution is 2.27. The van der Waals surface area contributed by atoms with Crippen molar-refractivity contribution < 1.29 is 14.3 Å². The maximum Gasteiger partial charge on any atom is 0.348 e. The maximum atomic E-state index is 12.9. The van der Waals surface area contributed by atoms with Gasteiger partial charge in [0.05, 0.1) is 24.9 Å². The van der Waals surface area contributed by atoms with Crippen LogP contribution in [-0.2, 0) is 16.0 Å². The molecule has 0 fully saturated rings. The predicted molar refractivity (Wildman–Crippen MR) is 104 cm³/mol. The Kier molecular flexibility index (Phi) is 5.85. The van der Waals surface area contributed by atoms with Gasteiger partial charge in [-0.15, -0.1) is 11.3 Å². The number of fused-ring (bicyclic) bond motifs is 1. The first-order chi connectivity index (χ1) is 12.5. The van der Waals surface area contributed by atoms with Crippen molar-refractivity contribution in [2.75, 3.05) is 20.3 Å². The van der Waals surface area contributed by atoms with Gasteiger partial charge < -0.3 is 9.47 Å². The minimum atomic E-state index is -0.458. The third kappa shape index (κ3) is 3.87. The van der Waals surface area contributed by atoms with Crippen LogP contribution in [0.2, 0.25) is 0 Å². The minimum absolute atomic E-state index is 0.167. The second-order valence-electron chi connectivity index (χ2n) is 5.67. The van der Waals surface area contributed by atoms with Crippen LogP contribution in [0.5, 0.6) is 0 Å². The van der Waals surface area contributed by atoms with E-state index in [2.05, 4.69) is 20.9 Å². The van der Waals surface area contributed by atoms with Gasteiger partial charge in [0.2, 0.25) is 0 Å². The molecule has 0 aliphatic heterocycles. The summed E-state index contributed by atoms with van der Waals surface area (Å²) in [6, 6.07) is 7.74. The third-order valence-corrected chi connectivity index (χ3v) is 5.54. The molecule has 8 heteroatoms. The van der Waals surface area contributed by atoms with E-state index in [0.29, 0.717) is 33.8 Å². The molecule has 0 radical (unpaired) electrons. The summed E-state index contributed by atoms with van der Waals surface area (Å²) in [4.78, 5) is 30.4. The molecule has 0 unspecified atom stereocenters. The summed E-state index contributed by atoms with van der Waals surface area (Å²) in [5.74, 6) is -0.458. The van der Waals surface area contributed by atoms with Gasteiger partial charge in [0.15, 0.2) is 0 Å². The number of carbonyl (C=O) groups excluding carboxylic acids is 1. The SMILES string of the molecule is COCCOC(=O)c1sc2ncn(Cc3cccc(Br)c3)c(=O)c2c1C. The van der Waals surface area contributed by atoms with Gasteiger partial charge in [0, 0.05) is 11.6 Å². The number of nitrogens with zero attached hydrogens (tertiary/aromatic N) is 2. The summed E-state index contributed by atoms with van der Waals surface area (Å²) in [6.07, 6.45) is 1.52. The van der Waals surface area contributed by atoms with Gasteiger partial charge in [-0.1, -0.05) is 28.1 Å². The first kappa shape index (κ1) is 18.8. The fourth-order valence-corrected chi connectivity index (χ4v) is 4.06. The van der Waals surface area contributed by atoms with Crippen LogP contribution in [0.3, 0.4) is 0 Å². The second kappa shape index (κ2) is 8.11. The van der Waals surface area contributed by atoms with Crippen LogP contribution in [-0.4, -0.2) is 35.8 Å². The molecule has 2 heterocycles. The summed E-state index contributed by atoms with van der Waals surface area (Å²) in [7, 11) is 1.54. The Balaban J connectivity index is 1.95. The number of ether oxygens (including phenoxy) is 2. The Bertz CT molecular complexity index is 1010. The average molecular weight is 437 g/mol. The summed E-state index contributed by atoms with van der Waals surface area (Å²) < 4.78 is 12.5. The van der Waals surface area contributed by atoms with Crippen LogP contribution in [0.1, 0.15) is 20.8 Å². The van der Waals surface area contributed by atoms with Crippen molar-refractivity contribution in [2.24, 2.45) is 0 Å². The number of rotatable bonds is 6. The van der Waals surface area contributed by atoms with Crippen LogP contribution in [0.15, 0.2) is 39.9 Å². The zero-order valence-corrected chi connectivity index (χ0v) is 16.7. The molecule has 2 aromatic heterocycles. The summed E-state index contributed by atoms with van der Waals surface area (Å²) in [5, 5.41) is 0.464. The van der Waals surface area contributed by atoms with Crippen molar-refractivity contribution in [1.29, 1.82) is 0 Å². The predicted octanol–water partition coefficient (Wildman–Crippen LogP) is 3.38. The number of thiophene rings is 1. The lowest BCUT2D eigenvalue weighted by molar-refractivity contribution is 0.0393.